The van der Waals surface area contributed by atoms with Gasteiger partial charge < -0.3 is 5.32 Å². The minimum Gasteiger partial charge on any atom is -0.322 e. The van der Waals surface area contributed by atoms with Crippen LogP contribution in [0.1, 0.15) is 27.3 Å². The van der Waals surface area contributed by atoms with Crippen molar-refractivity contribution in [1.29, 1.82) is 0 Å². The molecular weight excluding hydrogens is 362 g/mol. The summed E-state index contributed by atoms with van der Waals surface area (Å²) < 4.78 is 1.58. The molecular formula is C24H21N3O2. The quantitative estimate of drug-likeness (QED) is 0.564. The number of aromatic nitrogens is 2. The Morgan fingerprint density at radius 3 is 2.24 bits per heavy atom. The summed E-state index contributed by atoms with van der Waals surface area (Å²) in [6.45, 7) is 5.75. The third-order valence-electron chi connectivity index (χ3n) is 4.81. The highest BCUT2D eigenvalue weighted by Crippen LogP contribution is 2.17. The molecule has 0 aliphatic rings. The maximum Gasteiger partial charge on any atom is 0.265 e. The molecule has 0 fully saturated rings. The lowest BCUT2D eigenvalue weighted by Crippen LogP contribution is -2.22. The van der Waals surface area contributed by atoms with Crippen molar-refractivity contribution >= 4 is 22.5 Å². The Labute approximate surface area is 168 Å². The molecule has 0 aliphatic heterocycles. The number of nitrogens with one attached hydrogen (secondary N) is 1. The van der Waals surface area contributed by atoms with Crippen molar-refractivity contribution in [2.75, 3.05) is 5.32 Å². The van der Waals surface area contributed by atoms with Gasteiger partial charge in [-0.1, -0.05) is 29.3 Å². The van der Waals surface area contributed by atoms with Gasteiger partial charge >= 0.3 is 0 Å². The minimum absolute atomic E-state index is 0.111. The van der Waals surface area contributed by atoms with E-state index in [-0.39, 0.29) is 11.5 Å². The summed E-state index contributed by atoms with van der Waals surface area (Å²) in [4.78, 5) is 30.0. The minimum atomic E-state index is -0.162. The van der Waals surface area contributed by atoms with E-state index in [1.807, 2.05) is 69.3 Å². The number of para-hydroxylation sites is 1. The Morgan fingerprint density at radius 2 is 1.55 bits per heavy atom. The Kier molecular flexibility index (Phi) is 4.72. The van der Waals surface area contributed by atoms with E-state index in [2.05, 4.69) is 10.3 Å². The number of aryl methyl sites for hydroxylation is 3. The van der Waals surface area contributed by atoms with Gasteiger partial charge in [-0.15, -0.1) is 0 Å². The summed E-state index contributed by atoms with van der Waals surface area (Å²) in [5.41, 5.74) is 4.65. The van der Waals surface area contributed by atoms with Gasteiger partial charge in [0, 0.05) is 11.3 Å². The molecule has 3 aromatic carbocycles. The summed E-state index contributed by atoms with van der Waals surface area (Å²) in [5.74, 6) is 0.450. The highest BCUT2D eigenvalue weighted by molar-refractivity contribution is 6.04. The summed E-state index contributed by atoms with van der Waals surface area (Å²) >= 11 is 0. The topological polar surface area (TPSA) is 64.0 Å². The molecule has 0 bridgehead atoms. The van der Waals surface area contributed by atoms with Crippen molar-refractivity contribution in [2.24, 2.45) is 0 Å². The third-order valence-corrected chi connectivity index (χ3v) is 4.81. The predicted octanol–water partition coefficient (Wildman–Crippen LogP) is 4.56. The van der Waals surface area contributed by atoms with Gasteiger partial charge in [-0.3, -0.25) is 14.2 Å². The smallest absolute Gasteiger partial charge is 0.265 e. The van der Waals surface area contributed by atoms with Crippen LogP contribution in [0, 0.1) is 20.8 Å². The van der Waals surface area contributed by atoms with Crippen LogP contribution in [-0.4, -0.2) is 15.5 Å². The molecule has 0 aliphatic carbocycles. The van der Waals surface area contributed by atoms with E-state index >= 15 is 0 Å². The summed E-state index contributed by atoms with van der Waals surface area (Å²) in [5, 5.41) is 3.48. The van der Waals surface area contributed by atoms with Crippen molar-refractivity contribution in [1.82, 2.24) is 9.55 Å². The van der Waals surface area contributed by atoms with E-state index in [0.29, 0.717) is 33.7 Å². The van der Waals surface area contributed by atoms with Gasteiger partial charge in [-0.05, 0) is 69.3 Å². The van der Waals surface area contributed by atoms with Crippen LogP contribution in [-0.2, 0) is 0 Å². The molecule has 0 atom stereocenters. The van der Waals surface area contributed by atoms with Crippen molar-refractivity contribution in [3.05, 3.63) is 99.6 Å². The second-order valence-electron chi connectivity index (χ2n) is 7.19. The Balaban J connectivity index is 1.64. The van der Waals surface area contributed by atoms with Crippen LogP contribution in [0.5, 0.6) is 0 Å². The van der Waals surface area contributed by atoms with Crippen LogP contribution < -0.4 is 10.9 Å². The average molecular weight is 383 g/mol. The van der Waals surface area contributed by atoms with Gasteiger partial charge in [0.15, 0.2) is 0 Å². The Hall–Kier alpha value is -3.73. The highest BCUT2D eigenvalue weighted by Gasteiger charge is 2.11. The normalized spacial score (nSPS) is 10.9. The zero-order valence-electron chi connectivity index (χ0n) is 16.6. The number of carbonyl (C=O) groups excluding carboxylic acids is 1. The molecule has 0 spiro atoms. The van der Waals surface area contributed by atoms with E-state index in [1.165, 1.54) is 0 Å². The Bertz CT molecular complexity index is 1270. The number of amides is 1. The maximum absolute atomic E-state index is 12.9. The fourth-order valence-corrected chi connectivity index (χ4v) is 3.55. The fraction of sp³-hybridized carbons (Fsp3) is 0.125. The zero-order valence-corrected chi connectivity index (χ0v) is 16.6. The molecule has 1 amide bonds. The molecule has 0 unspecified atom stereocenters. The molecule has 4 aromatic rings. The second-order valence-corrected chi connectivity index (χ2v) is 7.19. The number of anilines is 1. The molecule has 5 heteroatoms. The number of hydrogen-bond acceptors (Lipinski definition) is 3. The zero-order chi connectivity index (χ0) is 20.5. The summed E-state index contributed by atoms with van der Waals surface area (Å²) in [7, 11) is 0. The molecule has 5 nitrogen and oxygen atoms in total. The highest BCUT2D eigenvalue weighted by atomic mass is 16.1. The molecule has 1 heterocycles. The van der Waals surface area contributed by atoms with E-state index in [9.17, 15) is 9.59 Å². The van der Waals surface area contributed by atoms with Crippen LogP contribution in [0.3, 0.4) is 0 Å². The molecule has 0 saturated carbocycles. The third kappa shape index (κ3) is 3.67. The van der Waals surface area contributed by atoms with Gasteiger partial charge in [0.1, 0.15) is 5.82 Å². The molecule has 0 radical (unpaired) electrons. The van der Waals surface area contributed by atoms with Gasteiger partial charge in [0.25, 0.3) is 11.5 Å². The first kappa shape index (κ1) is 18.6. The van der Waals surface area contributed by atoms with Crippen LogP contribution in [0.2, 0.25) is 0 Å². The summed E-state index contributed by atoms with van der Waals surface area (Å²) in [6.07, 6.45) is 0. The number of carbonyl (C=O) groups is 1. The lowest BCUT2D eigenvalue weighted by atomic mass is 10.1. The molecule has 1 N–H and O–H groups in total. The number of benzene rings is 3. The first-order valence-electron chi connectivity index (χ1n) is 9.41. The van der Waals surface area contributed by atoms with Gasteiger partial charge in [0.05, 0.1) is 16.6 Å². The van der Waals surface area contributed by atoms with Crippen molar-refractivity contribution in [3.63, 3.8) is 0 Å². The first-order chi connectivity index (χ1) is 13.9. The standard InChI is InChI=1S/C24H21N3O2/c1-15-12-16(2)14-18(13-15)23(28)26-19-8-10-20(11-9-19)27-17(3)25-22-7-5-4-6-21(22)24(27)29/h4-14H,1-3H3,(H,26,28). The van der Waals surface area contributed by atoms with Gasteiger partial charge in [-0.25, -0.2) is 4.98 Å². The lowest BCUT2D eigenvalue weighted by Gasteiger charge is -2.12. The van der Waals surface area contributed by atoms with Crippen LogP contribution in [0.25, 0.3) is 16.6 Å². The van der Waals surface area contributed by atoms with Gasteiger partial charge in [0.2, 0.25) is 0 Å². The van der Waals surface area contributed by atoms with Crippen molar-refractivity contribution < 1.29 is 4.79 Å². The first-order valence-corrected chi connectivity index (χ1v) is 9.41. The molecule has 29 heavy (non-hydrogen) atoms. The van der Waals surface area contributed by atoms with E-state index in [1.54, 1.807) is 22.8 Å². The average Bonchev–Trinajstić information content (AvgIpc) is 2.68. The monoisotopic (exact) mass is 383 g/mol. The van der Waals surface area contributed by atoms with Crippen LogP contribution in [0.15, 0.2) is 71.5 Å². The second kappa shape index (κ2) is 7.36. The number of hydrogen-bond donors (Lipinski definition) is 1. The largest absolute Gasteiger partial charge is 0.322 e. The molecule has 144 valence electrons. The van der Waals surface area contributed by atoms with E-state index < -0.39 is 0 Å². The van der Waals surface area contributed by atoms with E-state index in [4.69, 9.17) is 0 Å². The Morgan fingerprint density at radius 1 is 0.897 bits per heavy atom. The SMILES string of the molecule is Cc1cc(C)cc(C(=O)Nc2ccc(-n3c(C)nc4ccccc4c3=O)cc2)c1. The fourth-order valence-electron chi connectivity index (χ4n) is 3.55. The lowest BCUT2D eigenvalue weighted by molar-refractivity contribution is 0.102. The molecule has 1 aromatic heterocycles. The van der Waals surface area contributed by atoms with Crippen LogP contribution >= 0.6 is 0 Å². The number of rotatable bonds is 3. The predicted molar refractivity (Wildman–Crippen MR) is 116 cm³/mol. The van der Waals surface area contributed by atoms with E-state index in [0.717, 1.165) is 11.1 Å². The number of nitrogens with zero attached hydrogens (tertiary/aromatic N) is 2. The molecule has 4 rings (SSSR count). The summed E-state index contributed by atoms with van der Waals surface area (Å²) in [6, 6.07) is 20.3. The number of fused-ring (bicyclic) bond motifs is 1. The van der Waals surface area contributed by atoms with Crippen molar-refractivity contribution in [3.8, 4) is 5.69 Å². The molecule has 0 saturated heterocycles. The maximum atomic E-state index is 12.9. The van der Waals surface area contributed by atoms with Crippen molar-refractivity contribution in [2.45, 2.75) is 20.8 Å². The van der Waals surface area contributed by atoms with Crippen LogP contribution in [0.4, 0.5) is 5.69 Å². The van der Waals surface area contributed by atoms with Gasteiger partial charge in [-0.2, -0.15) is 0 Å².